The fraction of sp³-hybridized carbons (Fsp3) is 0.471. The summed E-state index contributed by atoms with van der Waals surface area (Å²) in [6, 6.07) is 6.47. The molecule has 1 unspecified atom stereocenters. The van der Waals surface area contributed by atoms with Crippen LogP contribution in [0.5, 0.6) is 11.5 Å². The highest BCUT2D eigenvalue weighted by Crippen LogP contribution is 2.17. The van der Waals surface area contributed by atoms with Gasteiger partial charge in [-0.05, 0) is 44.5 Å². The molecule has 0 aromatic heterocycles. The molecular weight excluding hydrogens is 328 g/mol. The van der Waals surface area contributed by atoms with Gasteiger partial charge >= 0.3 is 12.0 Å². The number of carbonyl (C=O) groups is 3. The molecule has 0 aliphatic rings. The molecule has 0 heterocycles. The zero-order chi connectivity index (χ0) is 18.7. The van der Waals surface area contributed by atoms with Crippen molar-refractivity contribution in [2.45, 2.75) is 32.8 Å². The lowest BCUT2D eigenvalue weighted by molar-refractivity contribution is -0.154. The van der Waals surface area contributed by atoms with Crippen LogP contribution in [-0.4, -0.2) is 44.3 Å². The zero-order valence-electron chi connectivity index (χ0n) is 14.7. The predicted octanol–water partition coefficient (Wildman–Crippen LogP) is 1.63. The number of methoxy groups -OCH3 is 1. The normalized spacial score (nSPS) is 11.2. The Morgan fingerprint density at radius 1 is 1.12 bits per heavy atom. The molecule has 0 aliphatic heterocycles. The highest BCUT2D eigenvalue weighted by atomic mass is 16.5. The Morgan fingerprint density at radius 2 is 1.76 bits per heavy atom. The Labute approximate surface area is 146 Å². The fourth-order valence-corrected chi connectivity index (χ4v) is 1.81. The van der Waals surface area contributed by atoms with Gasteiger partial charge in [0, 0.05) is 13.0 Å². The highest BCUT2D eigenvalue weighted by molar-refractivity contribution is 5.97. The summed E-state index contributed by atoms with van der Waals surface area (Å²) in [5.74, 6) is 0.199. The van der Waals surface area contributed by atoms with E-state index in [9.17, 15) is 14.4 Å². The van der Waals surface area contributed by atoms with Crippen LogP contribution in [0.2, 0.25) is 0 Å². The smallest absolute Gasteiger partial charge is 0.321 e. The second-order valence-electron chi connectivity index (χ2n) is 5.11. The average Bonchev–Trinajstić information content (AvgIpc) is 2.59. The van der Waals surface area contributed by atoms with Gasteiger partial charge in [0.1, 0.15) is 11.5 Å². The summed E-state index contributed by atoms with van der Waals surface area (Å²) in [5.41, 5.74) is 0. The molecule has 0 bridgehead atoms. The monoisotopic (exact) mass is 352 g/mol. The predicted molar refractivity (Wildman–Crippen MR) is 90.5 cm³/mol. The molecule has 138 valence electrons. The molecule has 0 spiro atoms. The lowest BCUT2D eigenvalue weighted by Crippen LogP contribution is -2.44. The molecule has 1 aromatic carbocycles. The Bertz CT molecular complexity index is 573. The van der Waals surface area contributed by atoms with Crippen LogP contribution in [0.15, 0.2) is 24.3 Å². The van der Waals surface area contributed by atoms with E-state index in [0.717, 1.165) is 5.75 Å². The van der Waals surface area contributed by atoms with Gasteiger partial charge in [0.05, 0.1) is 13.7 Å². The third-order valence-corrected chi connectivity index (χ3v) is 3.10. The number of ether oxygens (including phenoxy) is 3. The molecule has 1 rings (SSSR count). The largest absolute Gasteiger partial charge is 0.497 e. The molecule has 0 fully saturated rings. The van der Waals surface area contributed by atoms with Gasteiger partial charge < -0.3 is 19.5 Å². The first-order valence-electron chi connectivity index (χ1n) is 8.01. The summed E-state index contributed by atoms with van der Waals surface area (Å²) >= 11 is 0. The number of rotatable bonds is 9. The Kier molecular flexibility index (Phi) is 8.84. The van der Waals surface area contributed by atoms with Gasteiger partial charge in [-0.2, -0.15) is 0 Å². The summed E-state index contributed by atoms with van der Waals surface area (Å²) in [7, 11) is 1.58. The Morgan fingerprint density at radius 3 is 2.36 bits per heavy atom. The average molecular weight is 352 g/mol. The van der Waals surface area contributed by atoms with Gasteiger partial charge in [0.2, 0.25) is 0 Å². The maximum absolute atomic E-state index is 11.7. The Hall–Kier alpha value is -2.77. The van der Waals surface area contributed by atoms with Crippen molar-refractivity contribution in [1.29, 1.82) is 0 Å². The summed E-state index contributed by atoms with van der Waals surface area (Å²) in [6.45, 7) is 3.85. The first-order valence-corrected chi connectivity index (χ1v) is 8.01. The third kappa shape index (κ3) is 8.05. The number of carbonyl (C=O) groups excluding carboxylic acids is 3. The fourth-order valence-electron chi connectivity index (χ4n) is 1.81. The van der Waals surface area contributed by atoms with Gasteiger partial charge in [-0.15, -0.1) is 0 Å². The molecule has 2 N–H and O–H groups in total. The summed E-state index contributed by atoms with van der Waals surface area (Å²) in [5, 5.41) is 4.50. The molecule has 25 heavy (non-hydrogen) atoms. The van der Waals surface area contributed by atoms with Crippen molar-refractivity contribution >= 4 is 17.9 Å². The first-order chi connectivity index (χ1) is 12.0. The van der Waals surface area contributed by atoms with Crippen molar-refractivity contribution in [1.82, 2.24) is 10.6 Å². The quantitative estimate of drug-likeness (QED) is 0.517. The topological polar surface area (TPSA) is 103 Å². The van der Waals surface area contributed by atoms with E-state index in [-0.39, 0.29) is 6.42 Å². The van der Waals surface area contributed by atoms with E-state index in [1.54, 1.807) is 38.3 Å². The number of nitrogens with one attached hydrogen (secondary N) is 2. The van der Waals surface area contributed by atoms with E-state index >= 15 is 0 Å². The Balaban J connectivity index is 2.22. The maximum atomic E-state index is 11.7. The molecule has 8 nitrogen and oxygen atoms in total. The SMILES string of the molecule is CCNC(=O)NC(=O)C(C)OC(=O)CCCOc1ccc(OC)cc1. The molecule has 1 aromatic rings. The highest BCUT2D eigenvalue weighted by Gasteiger charge is 2.19. The molecular formula is C17H24N2O6. The molecule has 0 saturated heterocycles. The van der Waals surface area contributed by atoms with Crippen molar-refractivity contribution in [2.75, 3.05) is 20.3 Å². The minimum absolute atomic E-state index is 0.106. The number of esters is 1. The van der Waals surface area contributed by atoms with Gasteiger partial charge in [-0.3, -0.25) is 14.9 Å². The van der Waals surface area contributed by atoms with E-state index in [2.05, 4.69) is 10.6 Å². The third-order valence-electron chi connectivity index (χ3n) is 3.10. The van der Waals surface area contributed by atoms with Crippen molar-refractivity contribution in [3.05, 3.63) is 24.3 Å². The molecule has 8 heteroatoms. The lowest BCUT2D eigenvalue weighted by atomic mass is 10.3. The van der Waals surface area contributed by atoms with Crippen molar-refractivity contribution in [3.8, 4) is 11.5 Å². The van der Waals surface area contributed by atoms with Crippen LogP contribution in [0.1, 0.15) is 26.7 Å². The van der Waals surface area contributed by atoms with Crippen LogP contribution in [0.25, 0.3) is 0 Å². The van der Waals surface area contributed by atoms with Crippen molar-refractivity contribution < 1.29 is 28.6 Å². The standard InChI is InChI=1S/C17H24N2O6/c1-4-18-17(22)19-16(21)12(2)25-15(20)6-5-11-24-14-9-7-13(23-3)8-10-14/h7-10,12H,4-6,11H2,1-3H3,(H2,18,19,21,22). The second-order valence-corrected chi connectivity index (χ2v) is 5.11. The van der Waals surface area contributed by atoms with Crippen LogP contribution in [0, 0.1) is 0 Å². The van der Waals surface area contributed by atoms with Crippen LogP contribution in [-0.2, 0) is 14.3 Å². The molecule has 3 amide bonds. The second kappa shape index (κ2) is 10.9. The maximum Gasteiger partial charge on any atom is 0.321 e. The van der Waals surface area contributed by atoms with Gasteiger partial charge in [-0.1, -0.05) is 0 Å². The van der Waals surface area contributed by atoms with Gasteiger partial charge in [-0.25, -0.2) is 4.79 Å². The van der Waals surface area contributed by atoms with Crippen LogP contribution < -0.4 is 20.1 Å². The van der Waals surface area contributed by atoms with Crippen molar-refractivity contribution in [2.24, 2.45) is 0 Å². The van der Waals surface area contributed by atoms with E-state index < -0.39 is 24.0 Å². The first kappa shape index (κ1) is 20.3. The summed E-state index contributed by atoms with van der Waals surface area (Å²) in [4.78, 5) is 34.6. The summed E-state index contributed by atoms with van der Waals surface area (Å²) < 4.78 is 15.5. The summed E-state index contributed by atoms with van der Waals surface area (Å²) in [6.07, 6.45) is -0.498. The molecule has 1 atom stereocenters. The molecule has 0 aliphatic carbocycles. The molecule has 0 radical (unpaired) electrons. The minimum Gasteiger partial charge on any atom is -0.497 e. The number of amides is 3. The van der Waals surface area contributed by atoms with Crippen LogP contribution >= 0.6 is 0 Å². The minimum atomic E-state index is -1.04. The van der Waals surface area contributed by atoms with E-state index in [1.807, 2.05) is 0 Å². The van der Waals surface area contributed by atoms with Gasteiger partial charge in [0.15, 0.2) is 6.10 Å². The molecule has 0 saturated carbocycles. The lowest BCUT2D eigenvalue weighted by Gasteiger charge is -2.13. The van der Waals surface area contributed by atoms with Gasteiger partial charge in [0.25, 0.3) is 5.91 Å². The van der Waals surface area contributed by atoms with E-state index in [1.165, 1.54) is 6.92 Å². The van der Waals surface area contributed by atoms with E-state index in [0.29, 0.717) is 25.3 Å². The number of imide groups is 1. The van der Waals surface area contributed by atoms with Crippen molar-refractivity contribution in [3.63, 3.8) is 0 Å². The zero-order valence-corrected chi connectivity index (χ0v) is 14.7. The number of urea groups is 1. The number of hydrogen-bond acceptors (Lipinski definition) is 6. The number of hydrogen-bond donors (Lipinski definition) is 2. The van der Waals surface area contributed by atoms with Crippen LogP contribution in [0.3, 0.4) is 0 Å². The number of benzene rings is 1. The van der Waals surface area contributed by atoms with E-state index in [4.69, 9.17) is 14.2 Å². The van der Waals surface area contributed by atoms with Crippen LogP contribution in [0.4, 0.5) is 4.79 Å².